The fraction of sp³-hybridized carbons (Fsp3) is 0.739. The van der Waals surface area contributed by atoms with Gasteiger partial charge in [0.25, 0.3) is 0 Å². The highest BCUT2D eigenvalue weighted by atomic mass is 16.2. The summed E-state index contributed by atoms with van der Waals surface area (Å²) in [6.07, 6.45) is 12.7. The van der Waals surface area contributed by atoms with Gasteiger partial charge in [-0.05, 0) is 56.9 Å². The predicted molar refractivity (Wildman–Crippen MR) is 112 cm³/mol. The van der Waals surface area contributed by atoms with Crippen LogP contribution in [-0.4, -0.2) is 39.7 Å². The number of allylic oxidation sites excluding steroid dienone is 1. The summed E-state index contributed by atoms with van der Waals surface area (Å²) >= 11 is 0. The highest BCUT2D eigenvalue weighted by Crippen LogP contribution is 2.45. The minimum Gasteiger partial charge on any atom is -0.364 e. The molecule has 2 aliphatic carbocycles. The van der Waals surface area contributed by atoms with E-state index in [4.69, 9.17) is 5.10 Å². The van der Waals surface area contributed by atoms with Crippen molar-refractivity contribution in [1.82, 2.24) is 14.7 Å². The Morgan fingerprint density at radius 3 is 2.75 bits per heavy atom. The van der Waals surface area contributed by atoms with E-state index in [0.29, 0.717) is 29.7 Å². The summed E-state index contributed by atoms with van der Waals surface area (Å²) in [6.45, 7) is 5.84. The first kappa shape index (κ1) is 18.3. The smallest absolute Gasteiger partial charge is 0.219 e. The maximum atomic E-state index is 12.1. The molecular weight excluding hydrogens is 348 g/mol. The molecule has 4 fully saturated rings. The third-order valence-electron chi connectivity index (χ3n) is 7.65. The zero-order chi connectivity index (χ0) is 19.3. The number of rotatable bonds is 2. The first-order valence-electron chi connectivity index (χ1n) is 11.4. The SMILES string of the molecule is CC(=O)N1CC2CCC(C1)C(C1=CC(C)Nc3cc(C4CCCCC4)nn31)C2. The van der Waals surface area contributed by atoms with E-state index in [-0.39, 0.29) is 5.91 Å². The molecule has 1 aromatic rings. The Labute approximate surface area is 168 Å². The van der Waals surface area contributed by atoms with E-state index in [1.54, 1.807) is 6.92 Å². The van der Waals surface area contributed by atoms with Crippen LogP contribution in [0.3, 0.4) is 0 Å². The Morgan fingerprint density at radius 2 is 1.96 bits per heavy atom. The van der Waals surface area contributed by atoms with Crippen LogP contribution in [-0.2, 0) is 4.79 Å². The molecule has 6 rings (SSSR count). The molecule has 152 valence electrons. The molecule has 0 aromatic carbocycles. The minimum absolute atomic E-state index is 0.240. The summed E-state index contributed by atoms with van der Waals surface area (Å²) in [7, 11) is 0. The van der Waals surface area contributed by atoms with Gasteiger partial charge in [0.1, 0.15) is 5.82 Å². The molecule has 1 amide bonds. The number of amides is 1. The van der Waals surface area contributed by atoms with E-state index in [0.717, 1.165) is 13.1 Å². The average molecular weight is 383 g/mol. The largest absolute Gasteiger partial charge is 0.364 e. The first-order valence-corrected chi connectivity index (χ1v) is 11.4. The molecule has 28 heavy (non-hydrogen) atoms. The highest BCUT2D eigenvalue weighted by molar-refractivity contribution is 5.73. The normalized spacial score (nSPS) is 33.1. The molecule has 4 unspecified atom stereocenters. The lowest BCUT2D eigenvalue weighted by atomic mass is 9.73. The second-order valence-electron chi connectivity index (χ2n) is 9.70. The molecule has 4 heterocycles. The van der Waals surface area contributed by atoms with Crippen molar-refractivity contribution in [3.05, 3.63) is 17.8 Å². The van der Waals surface area contributed by atoms with E-state index < -0.39 is 0 Å². The van der Waals surface area contributed by atoms with Gasteiger partial charge in [0.2, 0.25) is 5.91 Å². The van der Waals surface area contributed by atoms with Crippen LogP contribution in [0.4, 0.5) is 5.82 Å². The first-order chi connectivity index (χ1) is 13.6. The number of nitrogens with zero attached hydrogens (tertiary/aromatic N) is 3. The molecule has 1 aromatic heterocycles. The monoisotopic (exact) mass is 382 g/mol. The lowest BCUT2D eigenvalue weighted by Gasteiger charge is -2.36. The van der Waals surface area contributed by atoms with Gasteiger partial charge >= 0.3 is 0 Å². The molecule has 2 saturated heterocycles. The average Bonchev–Trinajstić information content (AvgIpc) is 2.89. The van der Waals surface area contributed by atoms with Gasteiger partial charge in [-0.15, -0.1) is 0 Å². The van der Waals surface area contributed by atoms with Crippen molar-refractivity contribution in [3.8, 4) is 0 Å². The van der Waals surface area contributed by atoms with Crippen molar-refractivity contribution in [2.75, 3.05) is 18.4 Å². The number of fused-ring (bicyclic) bond motifs is 5. The topological polar surface area (TPSA) is 50.2 Å². The Bertz CT molecular complexity index is 776. The summed E-state index contributed by atoms with van der Waals surface area (Å²) in [5, 5.41) is 8.77. The number of carbonyl (C=O) groups excluding carboxylic acids is 1. The van der Waals surface area contributed by atoms with Crippen LogP contribution in [0.1, 0.15) is 76.8 Å². The molecule has 0 spiro atoms. The summed E-state index contributed by atoms with van der Waals surface area (Å²) in [5.41, 5.74) is 2.68. The fourth-order valence-electron chi connectivity index (χ4n) is 6.17. The number of carbonyl (C=O) groups is 1. The van der Waals surface area contributed by atoms with Crippen LogP contribution in [0, 0.1) is 17.8 Å². The molecule has 5 aliphatic rings. The third-order valence-corrected chi connectivity index (χ3v) is 7.65. The lowest BCUT2D eigenvalue weighted by Crippen LogP contribution is -2.34. The van der Waals surface area contributed by atoms with Crippen molar-refractivity contribution in [2.45, 2.75) is 77.2 Å². The Hall–Kier alpha value is -1.78. The number of anilines is 1. The zero-order valence-corrected chi connectivity index (χ0v) is 17.4. The van der Waals surface area contributed by atoms with Crippen LogP contribution in [0.25, 0.3) is 5.70 Å². The third kappa shape index (κ3) is 3.27. The minimum atomic E-state index is 0.240. The van der Waals surface area contributed by atoms with Gasteiger partial charge in [-0.1, -0.05) is 19.3 Å². The Balaban J connectivity index is 1.45. The number of aromatic nitrogens is 2. The second kappa shape index (κ2) is 7.23. The van der Waals surface area contributed by atoms with Gasteiger partial charge in [0, 0.05) is 49.7 Å². The van der Waals surface area contributed by atoms with Crippen molar-refractivity contribution in [3.63, 3.8) is 0 Å². The van der Waals surface area contributed by atoms with Crippen LogP contribution < -0.4 is 5.32 Å². The maximum Gasteiger partial charge on any atom is 0.219 e. The quantitative estimate of drug-likeness (QED) is 0.820. The van der Waals surface area contributed by atoms with Gasteiger partial charge in [-0.2, -0.15) is 5.10 Å². The van der Waals surface area contributed by atoms with Crippen LogP contribution in [0.15, 0.2) is 12.1 Å². The van der Waals surface area contributed by atoms with Gasteiger partial charge < -0.3 is 10.2 Å². The summed E-state index contributed by atoms with van der Waals surface area (Å²) in [6, 6.07) is 2.65. The number of nitrogens with one attached hydrogen (secondary N) is 1. The highest BCUT2D eigenvalue weighted by Gasteiger charge is 2.40. The standard InChI is InChI=1S/C23H34N4O/c1-15-10-22(20-11-17-8-9-19(20)14-26(13-17)16(2)28)27-23(24-15)12-21(25-27)18-6-4-3-5-7-18/h10,12,15,17-20,24H,3-9,11,13-14H2,1-2H3. The molecular formula is C23H34N4O. The van der Waals surface area contributed by atoms with Crippen molar-refractivity contribution in [2.24, 2.45) is 17.8 Å². The van der Waals surface area contributed by atoms with E-state index in [2.05, 4.69) is 34.0 Å². The molecule has 5 heteroatoms. The summed E-state index contributed by atoms with van der Waals surface area (Å²) < 4.78 is 2.23. The lowest BCUT2D eigenvalue weighted by molar-refractivity contribution is -0.129. The van der Waals surface area contributed by atoms with Crippen LogP contribution in [0.2, 0.25) is 0 Å². The van der Waals surface area contributed by atoms with Crippen molar-refractivity contribution >= 4 is 17.4 Å². The summed E-state index contributed by atoms with van der Waals surface area (Å²) in [5.74, 6) is 3.76. The number of hydrogen-bond donors (Lipinski definition) is 1. The molecule has 1 N–H and O–H groups in total. The molecule has 0 radical (unpaired) electrons. The fourth-order valence-corrected chi connectivity index (χ4v) is 6.17. The van der Waals surface area contributed by atoms with E-state index in [1.807, 2.05) is 0 Å². The van der Waals surface area contributed by atoms with Gasteiger partial charge in [-0.3, -0.25) is 4.79 Å². The second-order valence-corrected chi connectivity index (χ2v) is 9.70. The maximum absolute atomic E-state index is 12.1. The molecule has 4 atom stereocenters. The van der Waals surface area contributed by atoms with Crippen molar-refractivity contribution in [1.29, 1.82) is 0 Å². The zero-order valence-electron chi connectivity index (χ0n) is 17.4. The predicted octanol–water partition coefficient (Wildman–Crippen LogP) is 4.48. The van der Waals surface area contributed by atoms with Crippen LogP contribution >= 0.6 is 0 Å². The Morgan fingerprint density at radius 1 is 1.14 bits per heavy atom. The summed E-state index contributed by atoms with van der Waals surface area (Å²) in [4.78, 5) is 14.2. The van der Waals surface area contributed by atoms with E-state index >= 15 is 0 Å². The van der Waals surface area contributed by atoms with Crippen LogP contribution in [0.5, 0.6) is 0 Å². The molecule has 2 saturated carbocycles. The van der Waals surface area contributed by atoms with E-state index in [1.165, 1.54) is 68.6 Å². The van der Waals surface area contributed by atoms with Gasteiger partial charge in [0.05, 0.1) is 5.69 Å². The molecule has 2 bridgehead atoms. The molecule has 3 aliphatic heterocycles. The number of hydrogen-bond acceptors (Lipinski definition) is 3. The molecule has 5 nitrogen and oxygen atoms in total. The Kier molecular flexibility index (Phi) is 4.72. The van der Waals surface area contributed by atoms with Gasteiger partial charge in [-0.25, -0.2) is 4.68 Å². The van der Waals surface area contributed by atoms with Gasteiger partial charge in [0.15, 0.2) is 0 Å². The van der Waals surface area contributed by atoms with E-state index in [9.17, 15) is 4.79 Å². The van der Waals surface area contributed by atoms with Crippen molar-refractivity contribution < 1.29 is 4.79 Å².